The number of esters is 2. The quantitative estimate of drug-likeness (QED) is 0.436. The summed E-state index contributed by atoms with van der Waals surface area (Å²) < 4.78 is 19.2. The van der Waals surface area contributed by atoms with Crippen LogP contribution in [0, 0.1) is 16.6 Å². The van der Waals surface area contributed by atoms with Crippen LogP contribution in [-0.4, -0.2) is 35.6 Å². The van der Waals surface area contributed by atoms with Crippen LogP contribution in [0.15, 0.2) is 47.1 Å². The maximum absolute atomic E-state index is 14.4. The van der Waals surface area contributed by atoms with Crippen molar-refractivity contribution in [2.75, 3.05) is 5.32 Å². The topological polar surface area (TPSA) is 126 Å². The number of allylic oxidation sites excluding steroid dienone is 3. The van der Waals surface area contributed by atoms with Crippen molar-refractivity contribution in [3.63, 3.8) is 0 Å². The molecule has 1 unspecified atom stereocenters. The number of hydrogen-bond donors (Lipinski definition) is 3. The summed E-state index contributed by atoms with van der Waals surface area (Å²) in [5.74, 6) is -2.58. The molecule has 1 heterocycles. The summed E-state index contributed by atoms with van der Waals surface area (Å²) in [5.41, 5.74) is 2.92. The van der Waals surface area contributed by atoms with Crippen LogP contribution in [0.1, 0.15) is 46.6 Å². The Hall–Kier alpha value is -3.82. The van der Waals surface area contributed by atoms with Crippen LogP contribution >= 0.6 is 0 Å². The Balaban J connectivity index is 1.68. The second-order valence-electron chi connectivity index (χ2n) is 9.81. The lowest BCUT2D eigenvalue weighted by Gasteiger charge is -2.36. The first-order chi connectivity index (χ1) is 16.3. The Morgan fingerprint density at radius 3 is 2.69 bits per heavy atom. The highest BCUT2D eigenvalue weighted by Gasteiger charge is 2.41. The molecule has 10 heteroatoms. The minimum Gasteiger partial charge on any atom is -0.391 e. The standard InChI is InChI=1S/C25H29FN4O5/c1-14(21(32)35-22(33)24(2,3)4)27-23(34)28-18-12-15(9-10-17(18)26)13-19-25(5)11-7-6-8-16(25)20(31)30-29-19/h6-10,12,14H,11,13H2,1-5H3,(H,30,31)(H2,27,28,34)/t14-,25?/m1/s1. The van der Waals surface area contributed by atoms with Gasteiger partial charge in [0.2, 0.25) is 0 Å². The zero-order valence-corrected chi connectivity index (χ0v) is 20.3. The van der Waals surface area contributed by atoms with Crippen molar-refractivity contribution in [2.45, 2.75) is 53.5 Å². The van der Waals surface area contributed by atoms with Crippen molar-refractivity contribution in [1.82, 2.24) is 10.7 Å². The second kappa shape index (κ2) is 9.81. The molecule has 1 aromatic rings. The first-order valence-corrected chi connectivity index (χ1v) is 11.2. The smallest absolute Gasteiger partial charge is 0.336 e. The molecule has 2 aliphatic rings. The number of halogens is 1. The predicted octanol–water partition coefficient (Wildman–Crippen LogP) is 3.37. The number of benzene rings is 1. The van der Waals surface area contributed by atoms with Crippen LogP contribution in [0.25, 0.3) is 0 Å². The third kappa shape index (κ3) is 5.82. The Morgan fingerprint density at radius 1 is 1.29 bits per heavy atom. The lowest BCUT2D eigenvalue weighted by atomic mass is 9.70. The van der Waals surface area contributed by atoms with Gasteiger partial charge in [-0.25, -0.2) is 19.4 Å². The minimum absolute atomic E-state index is 0.101. The predicted molar refractivity (Wildman–Crippen MR) is 128 cm³/mol. The molecule has 186 valence electrons. The van der Waals surface area contributed by atoms with Gasteiger partial charge in [-0.3, -0.25) is 9.59 Å². The molecule has 0 fully saturated rings. The fraction of sp³-hybridized carbons (Fsp3) is 0.400. The highest BCUT2D eigenvalue weighted by atomic mass is 19.1. The molecular weight excluding hydrogens is 455 g/mol. The van der Waals surface area contributed by atoms with E-state index in [4.69, 9.17) is 4.74 Å². The fourth-order valence-electron chi connectivity index (χ4n) is 3.62. The van der Waals surface area contributed by atoms with Gasteiger partial charge in [-0.1, -0.05) is 24.3 Å². The lowest BCUT2D eigenvalue weighted by Crippen LogP contribution is -2.44. The molecule has 0 saturated heterocycles. The molecule has 1 aliphatic heterocycles. The number of rotatable bonds is 5. The van der Waals surface area contributed by atoms with Crippen LogP contribution in [0.2, 0.25) is 0 Å². The number of carbonyl (C=O) groups excluding carboxylic acids is 4. The summed E-state index contributed by atoms with van der Waals surface area (Å²) in [6.45, 7) is 8.07. The summed E-state index contributed by atoms with van der Waals surface area (Å²) in [5, 5.41) is 8.96. The molecule has 1 aliphatic carbocycles. The Labute approximate surface area is 202 Å². The summed E-state index contributed by atoms with van der Waals surface area (Å²) in [6.07, 6.45) is 6.47. The van der Waals surface area contributed by atoms with Crippen molar-refractivity contribution < 1.29 is 28.3 Å². The third-order valence-electron chi connectivity index (χ3n) is 5.85. The molecule has 3 rings (SSSR count). The minimum atomic E-state index is -1.14. The summed E-state index contributed by atoms with van der Waals surface area (Å²) in [4.78, 5) is 48.5. The van der Waals surface area contributed by atoms with Gasteiger partial charge >= 0.3 is 18.0 Å². The van der Waals surface area contributed by atoms with E-state index in [9.17, 15) is 23.6 Å². The molecule has 3 N–H and O–H groups in total. The van der Waals surface area contributed by atoms with Crippen LogP contribution < -0.4 is 16.1 Å². The average Bonchev–Trinajstić information content (AvgIpc) is 2.77. The zero-order chi connectivity index (χ0) is 26.0. The van der Waals surface area contributed by atoms with E-state index in [1.54, 1.807) is 32.9 Å². The third-order valence-corrected chi connectivity index (χ3v) is 5.85. The second-order valence-corrected chi connectivity index (χ2v) is 9.81. The highest BCUT2D eigenvalue weighted by molar-refractivity contribution is 6.09. The zero-order valence-electron chi connectivity index (χ0n) is 20.3. The number of anilines is 1. The first-order valence-electron chi connectivity index (χ1n) is 11.2. The molecule has 2 atom stereocenters. The van der Waals surface area contributed by atoms with Gasteiger partial charge in [0.15, 0.2) is 0 Å². The van der Waals surface area contributed by atoms with Gasteiger partial charge in [-0.2, -0.15) is 5.10 Å². The van der Waals surface area contributed by atoms with E-state index in [2.05, 4.69) is 21.2 Å². The van der Waals surface area contributed by atoms with E-state index in [0.717, 1.165) is 0 Å². The number of fused-ring (bicyclic) bond motifs is 1. The number of nitrogens with one attached hydrogen (secondary N) is 3. The molecule has 0 bridgehead atoms. The van der Waals surface area contributed by atoms with E-state index in [1.165, 1.54) is 19.1 Å². The highest BCUT2D eigenvalue weighted by Crippen LogP contribution is 2.39. The number of carbonyl (C=O) groups is 4. The van der Waals surface area contributed by atoms with Crippen molar-refractivity contribution >= 4 is 35.3 Å². The van der Waals surface area contributed by atoms with Gasteiger partial charge < -0.3 is 15.4 Å². The van der Waals surface area contributed by atoms with Crippen molar-refractivity contribution in [3.05, 3.63) is 53.4 Å². The van der Waals surface area contributed by atoms with E-state index in [-0.39, 0.29) is 11.6 Å². The van der Waals surface area contributed by atoms with Gasteiger partial charge in [0, 0.05) is 17.4 Å². The van der Waals surface area contributed by atoms with Crippen LogP contribution in [0.4, 0.5) is 14.9 Å². The van der Waals surface area contributed by atoms with Gasteiger partial charge in [-0.05, 0) is 58.7 Å². The number of urea groups is 1. The van der Waals surface area contributed by atoms with E-state index in [1.807, 2.05) is 19.1 Å². The first kappa shape index (κ1) is 25.8. The van der Waals surface area contributed by atoms with E-state index >= 15 is 0 Å². The van der Waals surface area contributed by atoms with Crippen molar-refractivity contribution in [3.8, 4) is 0 Å². The van der Waals surface area contributed by atoms with E-state index < -0.39 is 40.7 Å². The lowest BCUT2D eigenvalue weighted by molar-refractivity contribution is -0.166. The molecule has 3 amide bonds. The average molecular weight is 485 g/mol. The van der Waals surface area contributed by atoms with Crippen LogP contribution in [-0.2, 0) is 25.5 Å². The van der Waals surface area contributed by atoms with Crippen molar-refractivity contribution in [2.24, 2.45) is 15.9 Å². The Bertz CT molecular complexity index is 1160. The number of ether oxygens (including phenoxy) is 1. The number of hydrogen-bond acceptors (Lipinski definition) is 6. The van der Waals surface area contributed by atoms with Crippen molar-refractivity contribution in [1.29, 1.82) is 0 Å². The SMILES string of the molecule is C[C@@H](NC(=O)Nc1cc(CC2=NNC(=O)C3=CC=CCC32C)ccc1F)C(=O)OC(=O)C(C)(C)C. The van der Waals surface area contributed by atoms with Gasteiger partial charge in [-0.15, -0.1) is 0 Å². The van der Waals surface area contributed by atoms with Crippen LogP contribution in [0.3, 0.4) is 0 Å². The van der Waals surface area contributed by atoms with E-state index in [0.29, 0.717) is 29.7 Å². The molecule has 1 aromatic carbocycles. The molecule has 0 saturated carbocycles. The Kier molecular flexibility index (Phi) is 7.23. The molecular formula is C25H29FN4O5. The number of hydrazone groups is 1. The molecule has 0 spiro atoms. The Morgan fingerprint density at radius 2 is 2.00 bits per heavy atom. The molecule has 0 aromatic heterocycles. The summed E-state index contributed by atoms with van der Waals surface area (Å²) >= 11 is 0. The maximum Gasteiger partial charge on any atom is 0.336 e. The van der Waals surface area contributed by atoms with Gasteiger partial charge in [0.1, 0.15) is 11.9 Å². The number of amides is 3. The van der Waals surface area contributed by atoms with Gasteiger partial charge in [0.05, 0.1) is 16.8 Å². The van der Waals surface area contributed by atoms with Crippen LogP contribution in [0.5, 0.6) is 0 Å². The normalized spacial score (nSPS) is 20.0. The van der Waals surface area contributed by atoms with Gasteiger partial charge in [0.25, 0.3) is 5.91 Å². The maximum atomic E-state index is 14.4. The summed E-state index contributed by atoms with van der Waals surface area (Å²) in [6, 6.07) is 2.27. The molecule has 35 heavy (non-hydrogen) atoms. The molecule has 9 nitrogen and oxygen atoms in total. The summed E-state index contributed by atoms with van der Waals surface area (Å²) in [7, 11) is 0. The number of nitrogens with zero attached hydrogens (tertiary/aromatic N) is 1. The molecule has 0 radical (unpaired) electrons. The largest absolute Gasteiger partial charge is 0.391 e. The fourth-order valence-corrected chi connectivity index (χ4v) is 3.62. The monoisotopic (exact) mass is 484 g/mol.